The van der Waals surface area contributed by atoms with E-state index in [9.17, 15) is 9.59 Å². The first-order chi connectivity index (χ1) is 10.5. The van der Waals surface area contributed by atoms with Gasteiger partial charge in [-0.25, -0.2) is 9.59 Å². The van der Waals surface area contributed by atoms with E-state index in [1.165, 1.54) is 26.0 Å². The fourth-order valence-electron chi connectivity index (χ4n) is 1.83. The Morgan fingerprint density at radius 3 is 2.00 bits per heavy atom. The zero-order valence-electron chi connectivity index (χ0n) is 12.2. The molecule has 22 heavy (non-hydrogen) atoms. The molecule has 0 radical (unpaired) electrons. The molecule has 2 aromatic rings. The van der Waals surface area contributed by atoms with E-state index < -0.39 is 11.9 Å². The minimum absolute atomic E-state index is 0.176. The number of carbonyl (C=O) groups is 2. The van der Waals surface area contributed by atoms with Gasteiger partial charge in [-0.05, 0) is 42.5 Å². The Morgan fingerprint density at radius 2 is 1.41 bits per heavy atom. The highest BCUT2D eigenvalue weighted by molar-refractivity contribution is 7.99. The molecule has 2 rings (SSSR count). The van der Waals surface area contributed by atoms with Gasteiger partial charge in [0, 0.05) is 15.5 Å². The number of ether oxygens (including phenoxy) is 2. The van der Waals surface area contributed by atoms with Crippen LogP contribution in [-0.4, -0.2) is 26.2 Å². The molecule has 6 heteroatoms. The normalized spacial score (nSPS) is 10.1. The van der Waals surface area contributed by atoms with Crippen molar-refractivity contribution in [3.05, 3.63) is 53.6 Å². The molecule has 0 fully saturated rings. The van der Waals surface area contributed by atoms with Crippen LogP contribution in [0.1, 0.15) is 20.7 Å². The van der Waals surface area contributed by atoms with Gasteiger partial charge in [-0.15, -0.1) is 0 Å². The standard InChI is InChI=1S/C16H15NO4S/c1-20-15(18)13-8-7-12(9-14(13)16(19)21-2)22-11-5-3-10(17)4-6-11/h3-9H,17H2,1-2H3. The van der Waals surface area contributed by atoms with Crippen LogP contribution in [0.15, 0.2) is 52.3 Å². The summed E-state index contributed by atoms with van der Waals surface area (Å²) in [6, 6.07) is 12.3. The maximum Gasteiger partial charge on any atom is 0.338 e. The van der Waals surface area contributed by atoms with Crippen molar-refractivity contribution in [1.82, 2.24) is 0 Å². The van der Waals surface area contributed by atoms with Gasteiger partial charge < -0.3 is 15.2 Å². The van der Waals surface area contributed by atoms with E-state index in [-0.39, 0.29) is 11.1 Å². The van der Waals surface area contributed by atoms with E-state index in [1.54, 1.807) is 30.3 Å². The summed E-state index contributed by atoms with van der Waals surface area (Å²) in [5.41, 5.74) is 6.68. The van der Waals surface area contributed by atoms with E-state index >= 15 is 0 Å². The summed E-state index contributed by atoms with van der Waals surface area (Å²) >= 11 is 1.45. The van der Waals surface area contributed by atoms with E-state index in [0.29, 0.717) is 5.69 Å². The topological polar surface area (TPSA) is 78.6 Å². The van der Waals surface area contributed by atoms with Crippen LogP contribution in [0, 0.1) is 0 Å². The summed E-state index contributed by atoms with van der Waals surface area (Å²) in [5.74, 6) is -1.16. The number of nitrogens with two attached hydrogens (primary N) is 1. The second-order valence-corrected chi connectivity index (χ2v) is 5.51. The number of nitrogen functional groups attached to an aromatic ring is 1. The number of methoxy groups -OCH3 is 2. The summed E-state index contributed by atoms with van der Waals surface area (Å²) in [7, 11) is 2.53. The summed E-state index contributed by atoms with van der Waals surface area (Å²) in [6.07, 6.45) is 0. The van der Waals surface area contributed by atoms with Gasteiger partial charge in [0.25, 0.3) is 0 Å². The molecule has 0 spiro atoms. The van der Waals surface area contributed by atoms with Crippen molar-refractivity contribution < 1.29 is 19.1 Å². The van der Waals surface area contributed by atoms with E-state index in [0.717, 1.165) is 9.79 Å². The summed E-state index contributed by atoms with van der Waals surface area (Å²) < 4.78 is 9.40. The number of anilines is 1. The molecule has 0 unspecified atom stereocenters. The molecular formula is C16H15NO4S. The SMILES string of the molecule is COC(=O)c1ccc(Sc2ccc(N)cc2)cc1C(=O)OC. The van der Waals surface area contributed by atoms with E-state index in [1.807, 2.05) is 12.1 Å². The van der Waals surface area contributed by atoms with Crippen LogP contribution in [0.2, 0.25) is 0 Å². The van der Waals surface area contributed by atoms with Gasteiger partial charge in [-0.1, -0.05) is 11.8 Å². The molecule has 0 aliphatic rings. The third-order valence-corrected chi connectivity index (χ3v) is 3.91. The molecule has 0 bridgehead atoms. The lowest BCUT2D eigenvalue weighted by Crippen LogP contribution is -2.11. The van der Waals surface area contributed by atoms with Gasteiger partial charge in [-0.3, -0.25) is 0 Å². The van der Waals surface area contributed by atoms with Gasteiger partial charge in [0.15, 0.2) is 0 Å². The van der Waals surface area contributed by atoms with Crippen LogP contribution in [0.4, 0.5) is 5.69 Å². The van der Waals surface area contributed by atoms with Crippen molar-refractivity contribution in [2.75, 3.05) is 20.0 Å². The number of benzene rings is 2. The molecule has 0 aliphatic carbocycles. The van der Waals surface area contributed by atoms with Crippen LogP contribution in [-0.2, 0) is 9.47 Å². The lowest BCUT2D eigenvalue weighted by atomic mass is 10.1. The smallest absolute Gasteiger partial charge is 0.338 e. The molecule has 0 heterocycles. The van der Waals surface area contributed by atoms with Crippen molar-refractivity contribution in [3.63, 3.8) is 0 Å². The summed E-state index contributed by atoms with van der Waals surface area (Å²) in [6.45, 7) is 0. The molecule has 0 aromatic heterocycles. The van der Waals surface area contributed by atoms with Gasteiger partial charge in [0.1, 0.15) is 0 Å². The first-order valence-corrected chi connectivity index (χ1v) is 7.21. The van der Waals surface area contributed by atoms with Crippen molar-refractivity contribution >= 4 is 29.4 Å². The molecule has 2 aromatic carbocycles. The molecule has 2 N–H and O–H groups in total. The molecule has 0 aliphatic heterocycles. The minimum atomic E-state index is -0.583. The monoisotopic (exact) mass is 317 g/mol. The number of hydrogen-bond acceptors (Lipinski definition) is 6. The number of esters is 2. The third kappa shape index (κ3) is 3.59. The van der Waals surface area contributed by atoms with Crippen molar-refractivity contribution in [2.45, 2.75) is 9.79 Å². The Balaban J connectivity index is 2.35. The Labute approximate surface area is 132 Å². The summed E-state index contributed by atoms with van der Waals surface area (Å²) in [5, 5.41) is 0. The maximum absolute atomic E-state index is 11.8. The number of hydrogen-bond donors (Lipinski definition) is 1. The highest BCUT2D eigenvalue weighted by Crippen LogP contribution is 2.30. The average molecular weight is 317 g/mol. The van der Waals surface area contributed by atoms with Crippen molar-refractivity contribution in [1.29, 1.82) is 0 Å². The molecule has 0 atom stereocenters. The lowest BCUT2D eigenvalue weighted by Gasteiger charge is -2.09. The predicted molar refractivity (Wildman–Crippen MR) is 84.1 cm³/mol. The largest absolute Gasteiger partial charge is 0.465 e. The quantitative estimate of drug-likeness (QED) is 0.690. The third-order valence-electron chi connectivity index (χ3n) is 2.92. The summed E-state index contributed by atoms with van der Waals surface area (Å²) in [4.78, 5) is 25.3. The van der Waals surface area contributed by atoms with Crippen LogP contribution in [0.5, 0.6) is 0 Å². The van der Waals surface area contributed by atoms with Gasteiger partial charge in [0.2, 0.25) is 0 Å². The van der Waals surface area contributed by atoms with E-state index in [4.69, 9.17) is 10.5 Å². The Morgan fingerprint density at radius 1 is 0.864 bits per heavy atom. The zero-order chi connectivity index (χ0) is 16.1. The molecule has 114 valence electrons. The fourth-order valence-corrected chi connectivity index (χ4v) is 2.68. The predicted octanol–water partition coefficient (Wildman–Crippen LogP) is 2.99. The van der Waals surface area contributed by atoms with Crippen molar-refractivity contribution in [3.8, 4) is 0 Å². The second-order valence-electron chi connectivity index (χ2n) is 4.36. The first-order valence-electron chi connectivity index (χ1n) is 6.39. The highest BCUT2D eigenvalue weighted by Gasteiger charge is 2.19. The number of carbonyl (C=O) groups excluding carboxylic acids is 2. The maximum atomic E-state index is 11.8. The Kier molecular flexibility index (Phi) is 5.06. The number of rotatable bonds is 4. The van der Waals surface area contributed by atoms with Crippen molar-refractivity contribution in [2.24, 2.45) is 0 Å². The van der Waals surface area contributed by atoms with Crippen LogP contribution >= 0.6 is 11.8 Å². The Bertz CT molecular complexity index is 698. The molecule has 0 saturated carbocycles. The van der Waals surface area contributed by atoms with E-state index in [2.05, 4.69) is 4.74 Å². The minimum Gasteiger partial charge on any atom is -0.465 e. The fraction of sp³-hybridized carbons (Fsp3) is 0.125. The molecule has 0 amide bonds. The zero-order valence-corrected chi connectivity index (χ0v) is 13.0. The lowest BCUT2D eigenvalue weighted by molar-refractivity contribution is 0.0555. The second kappa shape index (κ2) is 7.00. The average Bonchev–Trinajstić information content (AvgIpc) is 2.55. The van der Waals surface area contributed by atoms with Gasteiger partial charge in [0.05, 0.1) is 25.3 Å². The van der Waals surface area contributed by atoms with Gasteiger partial charge in [-0.2, -0.15) is 0 Å². The molecular weight excluding hydrogens is 302 g/mol. The molecule has 0 saturated heterocycles. The first kappa shape index (κ1) is 15.9. The van der Waals surface area contributed by atoms with Crippen LogP contribution < -0.4 is 5.73 Å². The van der Waals surface area contributed by atoms with Crippen LogP contribution in [0.3, 0.4) is 0 Å². The van der Waals surface area contributed by atoms with Gasteiger partial charge >= 0.3 is 11.9 Å². The highest BCUT2D eigenvalue weighted by atomic mass is 32.2. The molecule has 5 nitrogen and oxygen atoms in total. The Hall–Kier alpha value is -2.47. The van der Waals surface area contributed by atoms with Crippen LogP contribution in [0.25, 0.3) is 0 Å².